The summed E-state index contributed by atoms with van der Waals surface area (Å²) in [7, 11) is 0. The summed E-state index contributed by atoms with van der Waals surface area (Å²) in [6, 6.07) is 4.60. The van der Waals surface area contributed by atoms with Gasteiger partial charge in [0.15, 0.2) is 11.6 Å². The quantitative estimate of drug-likeness (QED) is 0.789. The second-order valence-corrected chi connectivity index (χ2v) is 10.3. The van der Waals surface area contributed by atoms with Crippen molar-refractivity contribution < 1.29 is 18.4 Å². The summed E-state index contributed by atoms with van der Waals surface area (Å²) in [4.78, 5) is 7.08. The van der Waals surface area contributed by atoms with E-state index >= 15 is 0 Å². The van der Waals surface area contributed by atoms with Crippen LogP contribution in [0.15, 0.2) is 18.2 Å². The zero-order valence-electron chi connectivity index (χ0n) is 16.6. The molecule has 1 aromatic carbocycles. The van der Waals surface area contributed by atoms with Gasteiger partial charge in [-0.2, -0.15) is 0 Å². The first kappa shape index (κ1) is 19.7. The van der Waals surface area contributed by atoms with Crippen LogP contribution in [-0.4, -0.2) is 46.7 Å². The van der Waals surface area contributed by atoms with Gasteiger partial charge < -0.3 is 18.9 Å². The highest BCUT2D eigenvalue weighted by atomic mass is 32.2. The fraction of sp³-hybridized carbons (Fsp3) is 0.550. The van der Waals surface area contributed by atoms with Crippen molar-refractivity contribution in [3.8, 4) is 5.75 Å². The molecule has 0 saturated carbocycles. The number of pyridine rings is 1. The maximum Gasteiger partial charge on any atom is 0.172 e. The Kier molecular flexibility index (Phi) is 5.16. The van der Waals surface area contributed by atoms with E-state index in [1.807, 2.05) is 33.8 Å². The van der Waals surface area contributed by atoms with Gasteiger partial charge in [0.2, 0.25) is 0 Å². The molecule has 152 valence electrons. The third-order valence-corrected chi connectivity index (χ3v) is 6.78. The fourth-order valence-electron chi connectivity index (χ4n) is 3.55. The Morgan fingerprint density at radius 2 is 2.11 bits per heavy atom. The molecule has 0 bridgehead atoms. The molecule has 2 aromatic rings. The lowest BCUT2D eigenvalue weighted by Crippen LogP contribution is -2.51. The van der Waals surface area contributed by atoms with Gasteiger partial charge >= 0.3 is 0 Å². The van der Waals surface area contributed by atoms with Gasteiger partial charge in [0.05, 0.1) is 30.8 Å². The van der Waals surface area contributed by atoms with E-state index in [9.17, 15) is 8.94 Å². The van der Waals surface area contributed by atoms with Crippen LogP contribution in [-0.2, 0) is 16.1 Å². The molecule has 1 fully saturated rings. The van der Waals surface area contributed by atoms with Crippen molar-refractivity contribution in [2.45, 2.75) is 44.5 Å². The van der Waals surface area contributed by atoms with E-state index in [4.69, 9.17) is 14.5 Å². The number of morpholine rings is 1. The van der Waals surface area contributed by atoms with Crippen LogP contribution < -0.4 is 14.4 Å². The van der Waals surface area contributed by atoms with Crippen LogP contribution in [0, 0.1) is 5.82 Å². The van der Waals surface area contributed by atoms with Gasteiger partial charge in [-0.25, -0.2) is 9.37 Å². The zero-order valence-corrected chi connectivity index (χ0v) is 17.4. The molecule has 0 radical (unpaired) electrons. The van der Waals surface area contributed by atoms with E-state index in [0.717, 1.165) is 12.4 Å². The molecule has 3 atom stereocenters. The predicted molar refractivity (Wildman–Crippen MR) is 109 cm³/mol. The average Bonchev–Trinajstić information content (AvgIpc) is 2.65. The molecule has 1 saturated heterocycles. The van der Waals surface area contributed by atoms with E-state index < -0.39 is 16.1 Å². The number of nitrogens with zero attached hydrogens (tertiary/aromatic N) is 2. The number of fused-ring (bicyclic) bond motifs is 4. The maximum absolute atomic E-state index is 14.3. The van der Waals surface area contributed by atoms with Crippen molar-refractivity contribution in [2.75, 3.05) is 31.3 Å². The van der Waals surface area contributed by atoms with E-state index in [1.165, 1.54) is 12.1 Å². The number of hydrogen-bond donors (Lipinski definition) is 1. The molecule has 0 amide bonds. The second-order valence-electron chi connectivity index (χ2n) is 8.33. The Labute approximate surface area is 167 Å². The van der Waals surface area contributed by atoms with Gasteiger partial charge in [-0.1, -0.05) is 0 Å². The highest BCUT2D eigenvalue weighted by molar-refractivity contribution is 7.90. The largest absolute Gasteiger partial charge is 0.598 e. The number of benzene rings is 1. The average molecular weight is 408 g/mol. The van der Waals surface area contributed by atoms with Crippen molar-refractivity contribution in [2.24, 2.45) is 0 Å². The molecule has 4 rings (SSSR count). The number of ether oxygens (including phenoxy) is 2. The third kappa shape index (κ3) is 3.66. The molecule has 1 aromatic heterocycles. The number of aromatic nitrogens is 1. The van der Waals surface area contributed by atoms with Gasteiger partial charge in [-0.3, -0.25) is 0 Å². The van der Waals surface area contributed by atoms with Crippen LogP contribution in [0.3, 0.4) is 0 Å². The summed E-state index contributed by atoms with van der Waals surface area (Å²) in [5.41, 5.74) is 1.38. The van der Waals surface area contributed by atoms with Gasteiger partial charge in [-0.15, -0.1) is 4.72 Å². The Morgan fingerprint density at radius 3 is 2.86 bits per heavy atom. The van der Waals surface area contributed by atoms with Gasteiger partial charge in [0, 0.05) is 28.9 Å². The van der Waals surface area contributed by atoms with Crippen LogP contribution in [0.25, 0.3) is 10.9 Å². The first-order chi connectivity index (χ1) is 13.2. The summed E-state index contributed by atoms with van der Waals surface area (Å²) < 4.78 is 41.0. The topological polar surface area (TPSA) is 69.7 Å². The Hall–Kier alpha value is -1.61. The van der Waals surface area contributed by atoms with Crippen LogP contribution >= 0.6 is 0 Å². The molecule has 28 heavy (non-hydrogen) atoms. The molecule has 0 aliphatic carbocycles. The molecule has 6 nitrogen and oxygen atoms in total. The molecule has 1 N–H and O–H groups in total. The lowest BCUT2D eigenvalue weighted by Gasteiger charge is -2.40. The van der Waals surface area contributed by atoms with Crippen molar-refractivity contribution in [1.82, 2.24) is 9.71 Å². The molecule has 2 aliphatic heterocycles. The maximum atomic E-state index is 14.3. The highest BCUT2D eigenvalue weighted by Gasteiger charge is 2.33. The van der Waals surface area contributed by atoms with Crippen molar-refractivity contribution in [1.29, 1.82) is 0 Å². The van der Waals surface area contributed by atoms with Crippen molar-refractivity contribution >= 4 is 28.1 Å². The minimum atomic E-state index is -1.28. The zero-order chi connectivity index (χ0) is 20.1. The van der Waals surface area contributed by atoms with Crippen LogP contribution in [0.5, 0.6) is 5.75 Å². The SMILES string of the molecule is C[C@@H](N[S+]([O-])C(C)(C)C)c1cc(F)cc2cc3c(nc12)N1CCOC[C@H]1CO3. The molecule has 2 aliphatic rings. The summed E-state index contributed by atoms with van der Waals surface area (Å²) in [6.07, 6.45) is 0. The summed E-state index contributed by atoms with van der Waals surface area (Å²) in [6.45, 7) is 10.1. The first-order valence-corrected chi connectivity index (χ1v) is 10.7. The van der Waals surface area contributed by atoms with Gasteiger partial charge in [-0.05, 0) is 45.9 Å². The smallest absolute Gasteiger partial charge is 0.172 e. The molecule has 3 heterocycles. The van der Waals surface area contributed by atoms with Crippen LogP contribution in [0.4, 0.5) is 10.2 Å². The van der Waals surface area contributed by atoms with Gasteiger partial charge in [0.1, 0.15) is 17.2 Å². The third-order valence-electron chi connectivity index (χ3n) is 5.10. The lowest BCUT2D eigenvalue weighted by molar-refractivity contribution is 0.0698. The Morgan fingerprint density at radius 1 is 1.32 bits per heavy atom. The van der Waals surface area contributed by atoms with Crippen LogP contribution in [0.1, 0.15) is 39.3 Å². The predicted octanol–water partition coefficient (Wildman–Crippen LogP) is 3.08. The molecule has 8 heteroatoms. The number of nitrogens with one attached hydrogen (secondary N) is 1. The molecule has 1 unspecified atom stereocenters. The van der Waals surface area contributed by atoms with E-state index in [0.29, 0.717) is 42.0 Å². The highest BCUT2D eigenvalue weighted by Crippen LogP contribution is 2.38. The van der Waals surface area contributed by atoms with Crippen LogP contribution in [0.2, 0.25) is 0 Å². The fourth-order valence-corrected chi connectivity index (χ4v) is 4.35. The summed E-state index contributed by atoms with van der Waals surface area (Å²) in [5, 5.41) is 0.677. The first-order valence-electron chi connectivity index (χ1n) is 9.53. The van der Waals surface area contributed by atoms with Gasteiger partial charge in [0.25, 0.3) is 0 Å². The lowest BCUT2D eigenvalue weighted by atomic mass is 10.0. The Balaban J connectivity index is 1.77. The van der Waals surface area contributed by atoms with E-state index in [1.54, 1.807) is 0 Å². The number of hydrogen-bond acceptors (Lipinski definition) is 6. The van der Waals surface area contributed by atoms with E-state index in [2.05, 4.69) is 9.62 Å². The number of rotatable bonds is 3. The number of anilines is 1. The monoisotopic (exact) mass is 407 g/mol. The second kappa shape index (κ2) is 7.33. The molecular formula is C20H26FN3O3S. The van der Waals surface area contributed by atoms with E-state index in [-0.39, 0.29) is 17.9 Å². The van der Waals surface area contributed by atoms with Crippen molar-refractivity contribution in [3.05, 3.63) is 29.6 Å². The molecular weight excluding hydrogens is 381 g/mol. The minimum absolute atomic E-state index is 0.138. The Bertz CT molecular complexity index is 889. The number of halogens is 1. The van der Waals surface area contributed by atoms with Crippen molar-refractivity contribution in [3.63, 3.8) is 0 Å². The summed E-state index contributed by atoms with van der Waals surface area (Å²) in [5.74, 6) is 1.09. The molecule has 0 spiro atoms. The normalized spacial score (nSPS) is 21.6. The minimum Gasteiger partial charge on any atom is -0.598 e. The summed E-state index contributed by atoms with van der Waals surface area (Å²) >= 11 is -1.28. The standard InChI is InChI=1S/C20H26FN3O3S/c1-12(23-28(25)20(2,3)4)16-9-14(21)7-13-8-17-19(22-18(13)16)24-5-6-26-10-15(24)11-27-17/h7-9,12,15,23H,5-6,10-11H2,1-4H3/t12-,15+,28?/m1/s1.